The van der Waals surface area contributed by atoms with Crippen molar-refractivity contribution in [1.82, 2.24) is 0 Å². The number of aromatic carboxylic acids is 1. The SMILES string of the molecule is CCOC(=O)c1c(NC(=O)/C(C#N)=C/c2ccccc2OCc2ccc(C(=O)O)cc2)sc(C)c1C. The number of esters is 1. The second-order valence-electron chi connectivity index (χ2n) is 7.66. The van der Waals surface area contributed by atoms with Gasteiger partial charge in [0.1, 0.15) is 29.0 Å². The Morgan fingerprint density at radius 2 is 1.81 bits per heavy atom. The third-order valence-corrected chi connectivity index (χ3v) is 6.39. The van der Waals surface area contributed by atoms with Crippen LogP contribution in [0.25, 0.3) is 6.08 Å². The third kappa shape index (κ3) is 6.17. The first-order valence-electron chi connectivity index (χ1n) is 11.0. The van der Waals surface area contributed by atoms with Gasteiger partial charge in [0.05, 0.1) is 17.7 Å². The summed E-state index contributed by atoms with van der Waals surface area (Å²) in [5.74, 6) is -1.77. The van der Waals surface area contributed by atoms with Crippen molar-refractivity contribution in [3.63, 3.8) is 0 Å². The molecule has 1 aromatic heterocycles. The van der Waals surface area contributed by atoms with Gasteiger partial charge in [0.25, 0.3) is 5.91 Å². The summed E-state index contributed by atoms with van der Waals surface area (Å²) in [5.41, 5.74) is 2.26. The number of carbonyl (C=O) groups excluding carboxylic acids is 2. The van der Waals surface area contributed by atoms with Gasteiger partial charge < -0.3 is 19.9 Å². The number of rotatable bonds is 9. The number of ether oxygens (including phenoxy) is 2. The number of hydrogen-bond donors (Lipinski definition) is 2. The van der Waals surface area contributed by atoms with Crippen LogP contribution in [0.15, 0.2) is 54.1 Å². The number of amides is 1. The monoisotopic (exact) mass is 504 g/mol. The van der Waals surface area contributed by atoms with Gasteiger partial charge in [-0.1, -0.05) is 30.3 Å². The number of aryl methyl sites for hydroxylation is 1. The summed E-state index contributed by atoms with van der Waals surface area (Å²) in [7, 11) is 0. The van der Waals surface area contributed by atoms with Gasteiger partial charge in [0.15, 0.2) is 0 Å². The maximum absolute atomic E-state index is 12.9. The summed E-state index contributed by atoms with van der Waals surface area (Å²) >= 11 is 1.24. The molecule has 0 saturated heterocycles. The van der Waals surface area contributed by atoms with Crippen LogP contribution in [0.2, 0.25) is 0 Å². The number of anilines is 1. The Kier molecular flexibility index (Phi) is 8.60. The number of carboxylic acid groups (broad SMARTS) is 1. The molecule has 0 bridgehead atoms. The number of para-hydroxylation sites is 1. The standard InChI is InChI=1S/C27H24N2O6S/c1-4-34-27(33)23-16(2)17(3)36-25(23)29-24(30)21(14-28)13-20-7-5-6-8-22(20)35-15-18-9-11-19(12-10-18)26(31)32/h5-13H,4,15H2,1-3H3,(H,29,30)(H,31,32)/b21-13+. The first-order chi connectivity index (χ1) is 17.2. The van der Waals surface area contributed by atoms with E-state index in [1.807, 2.05) is 13.0 Å². The minimum atomic E-state index is -1.01. The molecule has 1 amide bonds. The van der Waals surface area contributed by atoms with E-state index in [1.165, 1.54) is 29.5 Å². The minimum absolute atomic E-state index is 0.162. The lowest BCUT2D eigenvalue weighted by Crippen LogP contribution is -2.16. The molecule has 0 saturated carbocycles. The largest absolute Gasteiger partial charge is 0.488 e. The van der Waals surface area contributed by atoms with Crippen molar-refractivity contribution in [2.45, 2.75) is 27.4 Å². The van der Waals surface area contributed by atoms with E-state index >= 15 is 0 Å². The summed E-state index contributed by atoms with van der Waals surface area (Å²) in [5, 5.41) is 21.7. The van der Waals surface area contributed by atoms with Crippen LogP contribution < -0.4 is 10.1 Å². The van der Waals surface area contributed by atoms with E-state index in [9.17, 15) is 19.6 Å². The highest BCUT2D eigenvalue weighted by molar-refractivity contribution is 7.16. The number of nitrogens with zero attached hydrogens (tertiary/aromatic N) is 1. The molecule has 184 valence electrons. The predicted octanol–water partition coefficient (Wildman–Crippen LogP) is 5.36. The Morgan fingerprint density at radius 1 is 1.11 bits per heavy atom. The van der Waals surface area contributed by atoms with E-state index < -0.39 is 17.8 Å². The zero-order valence-electron chi connectivity index (χ0n) is 20.0. The second-order valence-corrected chi connectivity index (χ2v) is 8.89. The van der Waals surface area contributed by atoms with Crippen LogP contribution in [0.1, 0.15) is 49.2 Å². The Balaban J connectivity index is 1.81. The summed E-state index contributed by atoms with van der Waals surface area (Å²) in [6.45, 7) is 5.67. The zero-order chi connectivity index (χ0) is 26.2. The lowest BCUT2D eigenvalue weighted by atomic mass is 10.1. The number of hydrogen-bond acceptors (Lipinski definition) is 7. The number of carbonyl (C=O) groups is 3. The van der Waals surface area contributed by atoms with Crippen LogP contribution >= 0.6 is 11.3 Å². The molecule has 0 atom stereocenters. The molecule has 0 radical (unpaired) electrons. The summed E-state index contributed by atoms with van der Waals surface area (Å²) in [6, 6.07) is 15.1. The maximum atomic E-state index is 12.9. The predicted molar refractivity (Wildman–Crippen MR) is 136 cm³/mol. The van der Waals surface area contributed by atoms with Crippen molar-refractivity contribution >= 4 is 40.3 Å². The Bertz CT molecular complexity index is 1370. The molecule has 0 aliphatic carbocycles. The van der Waals surface area contributed by atoms with Crippen molar-refractivity contribution < 1.29 is 29.0 Å². The molecule has 0 aliphatic heterocycles. The average Bonchev–Trinajstić information content (AvgIpc) is 3.14. The number of benzene rings is 2. The first kappa shape index (κ1) is 26.2. The Hall–Kier alpha value is -4.42. The molecule has 9 heteroatoms. The van der Waals surface area contributed by atoms with Crippen molar-refractivity contribution in [2.75, 3.05) is 11.9 Å². The highest BCUT2D eigenvalue weighted by Crippen LogP contribution is 2.33. The van der Waals surface area contributed by atoms with Gasteiger partial charge in [-0.25, -0.2) is 9.59 Å². The lowest BCUT2D eigenvalue weighted by Gasteiger charge is -2.10. The second kappa shape index (κ2) is 11.8. The molecule has 1 heterocycles. The average molecular weight is 505 g/mol. The summed E-state index contributed by atoms with van der Waals surface area (Å²) in [6.07, 6.45) is 1.41. The minimum Gasteiger partial charge on any atom is -0.488 e. The third-order valence-electron chi connectivity index (χ3n) is 5.27. The Morgan fingerprint density at radius 3 is 2.44 bits per heavy atom. The van der Waals surface area contributed by atoms with Gasteiger partial charge in [0, 0.05) is 10.4 Å². The van der Waals surface area contributed by atoms with E-state index in [0.29, 0.717) is 21.9 Å². The number of nitriles is 1. The van der Waals surface area contributed by atoms with Gasteiger partial charge >= 0.3 is 11.9 Å². The van der Waals surface area contributed by atoms with Crippen molar-refractivity contribution in [3.05, 3.63) is 86.8 Å². The molecule has 36 heavy (non-hydrogen) atoms. The van der Waals surface area contributed by atoms with Crippen molar-refractivity contribution in [1.29, 1.82) is 5.26 Å². The fourth-order valence-corrected chi connectivity index (χ4v) is 4.32. The highest BCUT2D eigenvalue weighted by Gasteiger charge is 2.23. The number of carboxylic acids is 1. The number of nitrogens with one attached hydrogen (secondary N) is 1. The molecular weight excluding hydrogens is 480 g/mol. The molecule has 0 spiro atoms. The number of thiophene rings is 1. The topological polar surface area (TPSA) is 126 Å². The van der Waals surface area contributed by atoms with E-state index in [0.717, 1.165) is 10.4 Å². The molecule has 8 nitrogen and oxygen atoms in total. The van der Waals surface area contributed by atoms with Gasteiger partial charge in [-0.15, -0.1) is 11.3 Å². The maximum Gasteiger partial charge on any atom is 0.341 e. The molecule has 0 fully saturated rings. The van der Waals surface area contributed by atoms with Gasteiger partial charge in [0.2, 0.25) is 0 Å². The molecule has 3 rings (SSSR count). The van der Waals surface area contributed by atoms with Crippen molar-refractivity contribution in [3.8, 4) is 11.8 Å². The van der Waals surface area contributed by atoms with Crippen LogP contribution in [-0.4, -0.2) is 29.6 Å². The van der Waals surface area contributed by atoms with Crippen LogP contribution in [0.3, 0.4) is 0 Å². The quantitative estimate of drug-likeness (QED) is 0.228. The fourth-order valence-electron chi connectivity index (χ4n) is 3.27. The van der Waals surface area contributed by atoms with E-state index in [1.54, 1.807) is 50.2 Å². The molecular formula is C27H24N2O6S. The van der Waals surface area contributed by atoms with Gasteiger partial charge in [-0.05, 0) is 56.2 Å². The van der Waals surface area contributed by atoms with Crippen LogP contribution in [-0.2, 0) is 16.1 Å². The first-order valence-corrected chi connectivity index (χ1v) is 11.8. The van der Waals surface area contributed by atoms with E-state index in [4.69, 9.17) is 14.6 Å². The zero-order valence-corrected chi connectivity index (χ0v) is 20.8. The summed E-state index contributed by atoms with van der Waals surface area (Å²) in [4.78, 5) is 37.2. The molecule has 2 aromatic carbocycles. The van der Waals surface area contributed by atoms with Crippen LogP contribution in [0.5, 0.6) is 5.75 Å². The Labute approximate surface area is 212 Å². The molecule has 2 N–H and O–H groups in total. The van der Waals surface area contributed by atoms with Crippen molar-refractivity contribution in [2.24, 2.45) is 0 Å². The van der Waals surface area contributed by atoms with Crippen LogP contribution in [0, 0.1) is 25.2 Å². The lowest BCUT2D eigenvalue weighted by molar-refractivity contribution is -0.112. The van der Waals surface area contributed by atoms with Crippen LogP contribution in [0.4, 0.5) is 5.00 Å². The van der Waals surface area contributed by atoms with Gasteiger partial charge in [-0.2, -0.15) is 5.26 Å². The fraction of sp³-hybridized carbons (Fsp3) is 0.185. The highest BCUT2D eigenvalue weighted by atomic mass is 32.1. The smallest absolute Gasteiger partial charge is 0.341 e. The van der Waals surface area contributed by atoms with E-state index in [-0.39, 0.29) is 29.9 Å². The van der Waals surface area contributed by atoms with E-state index in [2.05, 4.69) is 5.32 Å². The normalized spacial score (nSPS) is 10.9. The molecule has 0 unspecified atom stereocenters. The molecule has 3 aromatic rings. The summed E-state index contributed by atoms with van der Waals surface area (Å²) < 4.78 is 11.0. The van der Waals surface area contributed by atoms with Gasteiger partial charge in [-0.3, -0.25) is 4.79 Å². The molecule has 0 aliphatic rings.